The molecule has 94 valence electrons. The molecule has 0 bridgehead atoms. The number of rotatable bonds is 5. The number of halogens is 1. The lowest BCUT2D eigenvalue weighted by atomic mass is 10.2. The summed E-state index contributed by atoms with van der Waals surface area (Å²) >= 11 is 0. The van der Waals surface area contributed by atoms with Crippen LogP contribution in [0.2, 0.25) is 0 Å². The summed E-state index contributed by atoms with van der Waals surface area (Å²) < 4.78 is 18.7. The Morgan fingerprint density at radius 3 is 3.06 bits per heavy atom. The molecular formula is C13H19FN2O. The van der Waals surface area contributed by atoms with Gasteiger partial charge in [0.2, 0.25) is 0 Å². The van der Waals surface area contributed by atoms with Gasteiger partial charge in [0.05, 0.1) is 6.61 Å². The van der Waals surface area contributed by atoms with Crippen molar-refractivity contribution in [2.75, 3.05) is 25.0 Å². The Morgan fingerprint density at radius 2 is 2.41 bits per heavy atom. The van der Waals surface area contributed by atoms with Gasteiger partial charge >= 0.3 is 0 Å². The van der Waals surface area contributed by atoms with Crippen LogP contribution in [0, 0.1) is 5.82 Å². The molecule has 1 aliphatic rings. The average molecular weight is 238 g/mol. The van der Waals surface area contributed by atoms with Gasteiger partial charge in [-0.05, 0) is 38.4 Å². The van der Waals surface area contributed by atoms with E-state index >= 15 is 0 Å². The molecule has 1 fully saturated rings. The molecule has 17 heavy (non-hydrogen) atoms. The molecule has 1 aromatic carbocycles. The first kappa shape index (κ1) is 12.2. The topological polar surface area (TPSA) is 33.3 Å². The molecule has 2 N–H and O–H groups in total. The first-order valence-corrected chi connectivity index (χ1v) is 6.19. The van der Waals surface area contributed by atoms with Gasteiger partial charge in [0, 0.05) is 24.3 Å². The van der Waals surface area contributed by atoms with Crippen molar-refractivity contribution in [2.45, 2.75) is 25.8 Å². The smallest absolute Gasteiger partial charge is 0.167 e. The van der Waals surface area contributed by atoms with Crippen molar-refractivity contribution in [2.24, 2.45) is 0 Å². The minimum Gasteiger partial charge on any atom is -0.491 e. The van der Waals surface area contributed by atoms with Crippen molar-refractivity contribution in [1.29, 1.82) is 0 Å². The Labute approximate surface area is 101 Å². The van der Waals surface area contributed by atoms with Crippen molar-refractivity contribution < 1.29 is 9.13 Å². The highest BCUT2D eigenvalue weighted by atomic mass is 19.1. The fourth-order valence-electron chi connectivity index (χ4n) is 2.06. The van der Waals surface area contributed by atoms with Crippen LogP contribution in [-0.4, -0.2) is 25.7 Å². The van der Waals surface area contributed by atoms with Gasteiger partial charge in [0.1, 0.15) is 0 Å². The molecule has 1 unspecified atom stereocenters. The summed E-state index contributed by atoms with van der Waals surface area (Å²) in [6, 6.07) is 5.51. The van der Waals surface area contributed by atoms with Crippen LogP contribution < -0.4 is 15.4 Å². The van der Waals surface area contributed by atoms with E-state index in [1.54, 1.807) is 6.07 Å². The van der Waals surface area contributed by atoms with Gasteiger partial charge in [0.15, 0.2) is 11.6 Å². The highest BCUT2D eigenvalue weighted by Gasteiger charge is 2.13. The maximum Gasteiger partial charge on any atom is 0.167 e. The van der Waals surface area contributed by atoms with Crippen LogP contribution in [-0.2, 0) is 0 Å². The number of benzene rings is 1. The van der Waals surface area contributed by atoms with Gasteiger partial charge in [-0.25, -0.2) is 4.39 Å². The fraction of sp³-hybridized carbons (Fsp3) is 0.538. The van der Waals surface area contributed by atoms with E-state index in [1.807, 2.05) is 13.0 Å². The quantitative estimate of drug-likeness (QED) is 0.826. The predicted octanol–water partition coefficient (Wildman–Crippen LogP) is 2.39. The molecule has 1 aromatic rings. The van der Waals surface area contributed by atoms with Gasteiger partial charge in [-0.15, -0.1) is 0 Å². The maximum absolute atomic E-state index is 13.6. The normalized spacial score (nSPS) is 19.3. The number of ether oxygens (including phenoxy) is 1. The highest BCUT2D eigenvalue weighted by Crippen LogP contribution is 2.21. The number of nitrogens with one attached hydrogen (secondary N) is 2. The zero-order valence-corrected chi connectivity index (χ0v) is 10.1. The van der Waals surface area contributed by atoms with Crippen LogP contribution in [0.25, 0.3) is 0 Å². The molecule has 1 saturated heterocycles. The second-order valence-electron chi connectivity index (χ2n) is 4.25. The Bertz CT molecular complexity index is 364. The standard InChI is InChI=1S/C13H19FN2O/c1-2-17-13-6-5-10(8-12(13)14)16-9-11-4-3-7-15-11/h5-6,8,11,15-16H,2-4,7,9H2,1H3. The van der Waals surface area contributed by atoms with E-state index in [0.29, 0.717) is 18.4 Å². The van der Waals surface area contributed by atoms with Crippen molar-refractivity contribution in [1.82, 2.24) is 5.32 Å². The molecule has 0 spiro atoms. The first-order chi connectivity index (χ1) is 8.29. The Kier molecular flexibility index (Phi) is 4.20. The summed E-state index contributed by atoms with van der Waals surface area (Å²) in [5, 5.41) is 6.63. The second-order valence-corrected chi connectivity index (χ2v) is 4.25. The molecule has 4 heteroatoms. The van der Waals surface area contributed by atoms with Crippen LogP contribution in [0.4, 0.5) is 10.1 Å². The lowest BCUT2D eigenvalue weighted by molar-refractivity contribution is 0.321. The Hall–Kier alpha value is -1.29. The predicted molar refractivity (Wildman–Crippen MR) is 67.1 cm³/mol. The lowest BCUT2D eigenvalue weighted by Crippen LogP contribution is -2.29. The lowest BCUT2D eigenvalue weighted by Gasteiger charge is -2.13. The van der Waals surface area contributed by atoms with Crippen LogP contribution in [0.5, 0.6) is 5.75 Å². The van der Waals surface area contributed by atoms with E-state index in [0.717, 1.165) is 18.8 Å². The van der Waals surface area contributed by atoms with E-state index in [1.165, 1.54) is 18.9 Å². The third-order valence-electron chi connectivity index (χ3n) is 2.95. The molecule has 0 saturated carbocycles. The minimum atomic E-state index is -0.309. The Balaban J connectivity index is 1.90. The molecule has 1 atom stereocenters. The molecule has 0 aliphatic carbocycles. The number of hydrogen-bond donors (Lipinski definition) is 2. The minimum absolute atomic E-state index is 0.309. The third-order valence-corrected chi connectivity index (χ3v) is 2.95. The molecule has 0 amide bonds. The van der Waals surface area contributed by atoms with E-state index in [9.17, 15) is 4.39 Å². The highest BCUT2D eigenvalue weighted by molar-refractivity contribution is 5.47. The van der Waals surface area contributed by atoms with Crippen molar-refractivity contribution >= 4 is 5.69 Å². The Morgan fingerprint density at radius 1 is 1.53 bits per heavy atom. The van der Waals surface area contributed by atoms with Gasteiger partial charge < -0.3 is 15.4 Å². The second kappa shape index (κ2) is 5.87. The van der Waals surface area contributed by atoms with Crippen LogP contribution >= 0.6 is 0 Å². The summed E-state index contributed by atoms with van der Waals surface area (Å²) in [5.41, 5.74) is 0.805. The molecule has 0 aromatic heterocycles. The zero-order chi connectivity index (χ0) is 12.1. The fourth-order valence-corrected chi connectivity index (χ4v) is 2.06. The molecule has 1 heterocycles. The molecule has 1 aliphatic heterocycles. The number of hydrogen-bond acceptors (Lipinski definition) is 3. The van der Waals surface area contributed by atoms with Gasteiger partial charge in [0.25, 0.3) is 0 Å². The van der Waals surface area contributed by atoms with E-state index in [4.69, 9.17) is 4.74 Å². The summed E-state index contributed by atoms with van der Waals surface area (Å²) in [7, 11) is 0. The molecule has 3 nitrogen and oxygen atoms in total. The van der Waals surface area contributed by atoms with E-state index in [-0.39, 0.29) is 5.82 Å². The average Bonchev–Trinajstić information content (AvgIpc) is 2.83. The maximum atomic E-state index is 13.6. The summed E-state index contributed by atoms with van der Waals surface area (Å²) in [6.07, 6.45) is 2.41. The summed E-state index contributed by atoms with van der Waals surface area (Å²) in [4.78, 5) is 0. The van der Waals surface area contributed by atoms with Gasteiger partial charge in [-0.2, -0.15) is 0 Å². The largest absolute Gasteiger partial charge is 0.491 e. The summed E-state index contributed by atoms with van der Waals surface area (Å²) in [5.74, 6) is 0.00766. The summed E-state index contributed by atoms with van der Waals surface area (Å²) in [6.45, 7) is 4.25. The van der Waals surface area contributed by atoms with Crippen LogP contribution in [0.1, 0.15) is 19.8 Å². The monoisotopic (exact) mass is 238 g/mol. The van der Waals surface area contributed by atoms with Crippen molar-refractivity contribution in [3.8, 4) is 5.75 Å². The van der Waals surface area contributed by atoms with E-state index < -0.39 is 0 Å². The van der Waals surface area contributed by atoms with Crippen molar-refractivity contribution in [3.05, 3.63) is 24.0 Å². The van der Waals surface area contributed by atoms with E-state index in [2.05, 4.69) is 10.6 Å². The number of anilines is 1. The van der Waals surface area contributed by atoms with Crippen LogP contribution in [0.15, 0.2) is 18.2 Å². The van der Waals surface area contributed by atoms with Gasteiger partial charge in [-0.1, -0.05) is 0 Å². The molecule has 0 radical (unpaired) electrons. The first-order valence-electron chi connectivity index (χ1n) is 6.19. The zero-order valence-electron chi connectivity index (χ0n) is 10.1. The van der Waals surface area contributed by atoms with Crippen molar-refractivity contribution in [3.63, 3.8) is 0 Å². The molecule has 2 rings (SSSR count). The SMILES string of the molecule is CCOc1ccc(NCC2CCCN2)cc1F. The third kappa shape index (κ3) is 3.33. The molecular weight excluding hydrogens is 219 g/mol. The van der Waals surface area contributed by atoms with Crippen LogP contribution in [0.3, 0.4) is 0 Å². The van der Waals surface area contributed by atoms with Gasteiger partial charge in [-0.3, -0.25) is 0 Å².